The van der Waals surface area contributed by atoms with Crippen molar-refractivity contribution in [1.82, 2.24) is 0 Å². The van der Waals surface area contributed by atoms with Crippen LogP contribution in [0.3, 0.4) is 0 Å². The van der Waals surface area contributed by atoms with Crippen molar-refractivity contribution in [1.29, 1.82) is 0 Å². The van der Waals surface area contributed by atoms with E-state index >= 15 is 0 Å². The van der Waals surface area contributed by atoms with E-state index in [2.05, 4.69) is 24.2 Å². The average molecular weight is 450 g/mol. The number of ether oxygens (including phenoxy) is 2. The molecule has 176 valence electrons. The molecular formula is C28H35NO4. The quantitative estimate of drug-likeness (QED) is 0.509. The number of ketones is 1. The number of nitrogens with zero attached hydrogens (tertiary/aromatic N) is 1. The second-order valence-electron chi connectivity index (χ2n) is 10.7. The predicted octanol–water partition coefficient (Wildman–Crippen LogP) is 5.88. The van der Waals surface area contributed by atoms with E-state index in [1.54, 1.807) is 12.7 Å². The zero-order valence-electron chi connectivity index (χ0n) is 20.1. The third-order valence-corrected chi connectivity index (χ3v) is 9.42. The Hall–Kier alpha value is -2.11. The van der Waals surface area contributed by atoms with Gasteiger partial charge in [-0.25, -0.2) is 0 Å². The number of benzene rings is 1. The number of carbonyl (C=O) groups excluding carboxylic acids is 1. The van der Waals surface area contributed by atoms with E-state index < -0.39 is 0 Å². The molecule has 4 aliphatic rings. The molecule has 0 bridgehead atoms. The largest absolute Gasteiger partial charge is 0.382 e. The molecule has 0 aromatic heterocycles. The third-order valence-electron chi connectivity index (χ3n) is 9.42. The summed E-state index contributed by atoms with van der Waals surface area (Å²) in [4.78, 5) is 22.9. The molecular weight excluding hydrogens is 414 g/mol. The molecule has 0 N–H and O–H groups in total. The monoisotopic (exact) mass is 449 g/mol. The lowest BCUT2D eigenvalue weighted by molar-refractivity contribution is -0.149. The molecule has 0 amide bonds. The highest BCUT2D eigenvalue weighted by Gasteiger charge is 2.63. The zero-order chi connectivity index (χ0) is 23.2. The molecule has 5 atom stereocenters. The van der Waals surface area contributed by atoms with Crippen molar-refractivity contribution in [2.45, 2.75) is 69.9 Å². The molecule has 5 heteroatoms. The topological polar surface area (TPSA) is 65.0 Å². The van der Waals surface area contributed by atoms with E-state index in [9.17, 15) is 9.70 Å². The van der Waals surface area contributed by atoms with Crippen LogP contribution in [-0.2, 0) is 20.8 Å². The van der Waals surface area contributed by atoms with Crippen LogP contribution >= 0.6 is 0 Å². The first-order chi connectivity index (χ1) is 16.0. The van der Waals surface area contributed by atoms with E-state index in [-0.39, 0.29) is 29.3 Å². The second-order valence-corrected chi connectivity index (χ2v) is 10.7. The van der Waals surface area contributed by atoms with Gasteiger partial charge in [-0.15, -0.1) is 0 Å². The minimum atomic E-state index is -0.277. The van der Waals surface area contributed by atoms with Gasteiger partial charge in [0, 0.05) is 32.0 Å². The van der Waals surface area contributed by atoms with Crippen LogP contribution in [0.1, 0.15) is 68.9 Å². The Labute approximate surface area is 196 Å². The van der Waals surface area contributed by atoms with Crippen LogP contribution in [0.5, 0.6) is 0 Å². The van der Waals surface area contributed by atoms with E-state index in [4.69, 9.17) is 9.47 Å². The van der Waals surface area contributed by atoms with Gasteiger partial charge in [-0.1, -0.05) is 41.9 Å². The molecule has 0 radical (unpaired) electrons. The van der Waals surface area contributed by atoms with Crippen LogP contribution in [0.2, 0.25) is 0 Å². The molecule has 33 heavy (non-hydrogen) atoms. The summed E-state index contributed by atoms with van der Waals surface area (Å²) in [5.74, 6) is 1.63. The molecule has 1 aromatic rings. The van der Waals surface area contributed by atoms with Crippen LogP contribution in [0.15, 0.2) is 52.2 Å². The van der Waals surface area contributed by atoms with Crippen molar-refractivity contribution in [2.75, 3.05) is 20.8 Å². The molecule has 0 unspecified atom stereocenters. The number of hydrogen-bond acceptors (Lipinski definition) is 5. The van der Waals surface area contributed by atoms with Crippen molar-refractivity contribution in [3.8, 4) is 0 Å². The summed E-state index contributed by atoms with van der Waals surface area (Å²) in [5, 5.41) is 3.05. The highest BCUT2D eigenvalue weighted by molar-refractivity contribution is 5.93. The van der Waals surface area contributed by atoms with Gasteiger partial charge >= 0.3 is 0 Å². The molecule has 0 aliphatic heterocycles. The lowest BCUT2D eigenvalue weighted by atomic mass is 9.51. The van der Waals surface area contributed by atoms with E-state index in [1.807, 2.05) is 25.3 Å². The Morgan fingerprint density at radius 3 is 2.58 bits per heavy atom. The van der Waals surface area contributed by atoms with Gasteiger partial charge < -0.3 is 9.47 Å². The fourth-order valence-electron chi connectivity index (χ4n) is 7.83. The van der Waals surface area contributed by atoms with Crippen LogP contribution in [0, 0.1) is 22.2 Å². The summed E-state index contributed by atoms with van der Waals surface area (Å²) in [6, 6.07) is 8.46. The van der Waals surface area contributed by atoms with Gasteiger partial charge in [-0.05, 0) is 78.7 Å². The summed E-state index contributed by atoms with van der Waals surface area (Å²) in [6.07, 6.45) is 8.72. The molecule has 4 aliphatic carbocycles. The summed E-state index contributed by atoms with van der Waals surface area (Å²) >= 11 is 0. The summed E-state index contributed by atoms with van der Waals surface area (Å²) in [6.45, 7) is 3.25. The number of carbonyl (C=O) groups is 1. The van der Waals surface area contributed by atoms with Gasteiger partial charge in [0.25, 0.3) is 0 Å². The lowest BCUT2D eigenvalue weighted by Gasteiger charge is -2.55. The highest BCUT2D eigenvalue weighted by atomic mass is 16.5. The molecule has 0 saturated heterocycles. The Bertz CT molecular complexity index is 1010. The number of methoxy groups -OCH3 is 2. The minimum absolute atomic E-state index is 0.00583. The van der Waals surface area contributed by atoms with Gasteiger partial charge in [-0.3, -0.25) is 4.79 Å². The Kier molecular flexibility index (Phi) is 5.90. The summed E-state index contributed by atoms with van der Waals surface area (Å²) in [5.41, 5.74) is 6.28. The Morgan fingerprint density at radius 1 is 1.09 bits per heavy atom. The summed E-state index contributed by atoms with van der Waals surface area (Å²) < 4.78 is 12.0. The number of allylic oxidation sites excluding steroid dienone is 4. The van der Waals surface area contributed by atoms with Crippen molar-refractivity contribution < 1.29 is 14.3 Å². The molecule has 1 aromatic carbocycles. The van der Waals surface area contributed by atoms with Gasteiger partial charge in [0.05, 0.1) is 12.2 Å². The average Bonchev–Trinajstić information content (AvgIpc) is 3.11. The molecule has 5 rings (SSSR count). The van der Waals surface area contributed by atoms with Crippen LogP contribution in [0.25, 0.3) is 0 Å². The highest BCUT2D eigenvalue weighted by Crippen LogP contribution is 2.67. The normalized spacial score (nSPS) is 35.5. The maximum atomic E-state index is 12.2. The standard InChI is InChI=1S/C28H35NO4/c1-27-15-24(19-6-4-18(5-7-19)16-29-31)26-22-11-9-21(30)14-20(22)8-10-23(26)25(27)12-13-28(27,33-3)17-32-2/h4-7,14,23-25H,8-13,15-17H2,1-3H3/t23-,24-,25+,27+,28-/m1/s1. The van der Waals surface area contributed by atoms with Crippen molar-refractivity contribution in [2.24, 2.45) is 22.4 Å². The second kappa shape index (κ2) is 8.59. The number of fused-ring (bicyclic) bond motifs is 4. The van der Waals surface area contributed by atoms with Gasteiger partial charge in [0.15, 0.2) is 5.78 Å². The first kappa shape index (κ1) is 22.7. The fourth-order valence-corrected chi connectivity index (χ4v) is 7.83. The zero-order valence-corrected chi connectivity index (χ0v) is 20.1. The lowest BCUT2D eigenvalue weighted by Crippen LogP contribution is -2.54. The predicted molar refractivity (Wildman–Crippen MR) is 128 cm³/mol. The molecule has 2 fully saturated rings. The molecule has 2 saturated carbocycles. The van der Waals surface area contributed by atoms with Crippen molar-refractivity contribution >= 4 is 5.78 Å². The van der Waals surface area contributed by atoms with E-state index in [1.165, 1.54) is 16.7 Å². The van der Waals surface area contributed by atoms with Crippen LogP contribution in [0.4, 0.5) is 0 Å². The summed E-state index contributed by atoms with van der Waals surface area (Å²) in [7, 11) is 3.63. The Morgan fingerprint density at radius 2 is 1.88 bits per heavy atom. The van der Waals surface area contributed by atoms with Crippen LogP contribution < -0.4 is 0 Å². The number of rotatable bonds is 6. The molecule has 5 nitrogen and oxygen atoms in total. The third kappa shape index (κ3) is 3.47. The first-order valence-corrected chi connectivity index (χ1v) is 12.3. The first-order valence-electron chi connectivity index (χ1n) is 12.3. The number of nitroso groups, excluding NO2 is 1. The number of hydrogen-bond donors (Lipinski definition) is 0. The van der Waals surface area contributed by atoms with Gasteiger partial charge in [0.1, 0.15) is 6.54 Å². The van der Waals surface area contributed by atoms with Crippen molar-refractivity contribution in [3.05, 3.63) is 63.1 Å². The molecule has 0 heterocycles. The van der Waals surface area contributed by atoms with Crippen molar-refractivity contribution in [3.63, 3.8) is 0 Å². The minimum Gasteiger partial charge on any atom is -0.382 e. The smallest absolute Gasteiger partial charge is 0.156 e. The fraction of sp³-hybridized carbons (Fsp3) is 0.607. The Balaban J connectivity index is 1.65. The maximum absolute atomic E-state index is 12.2. The van der Waals surface area contributed by atoms with E-state index in [0.717, 1.165) is 44.1 Å². The maximum Gasteiger partial charge on any atom is 0.156 e. The van der Waals surface area contributed by atoms with Gasteiger partial charge in [-0.2, -0.15) is 4.91 Å². The molecule has 0 spiro atoms. The SMILES string of the molecule is COC[C@]1(OC)CC[C@H]2[C@H]3CCC4=CC(=O)CCC4=C3[C@@H](c3ccc(CN=O)cc3)C[C@@]21C. The van der Waals surface area contributed by atoms with Crippen LogP contribution in [-0.4, -0.2) is 32.2 Å². The van der Waals surface area contributed by atoms with Gasteiger partial charge in [0.2, 0.25) is 0 Å². The van der Waals surface area contributed by atoms with E-state index in [0.29, 0.717) is 24.9 Å².